The lowest BCUT2D eigenvalue weighted by molar-refractivity contribution is -0.122. The largest absolute Gasteiger partial charge is 0.350 e. The van der Waals surface area contributed by atoms with Crippen molar-refractivity contribution in [3.8, 4) is 0 Å². The lowest BCUT2D eigenvalue weighted by atomic mass is 10.1. The van der Waals surface area contributed by atoms with E-state index in [0.29, 0.717) is 11.4 Å². The summed E-state index contributed by atoms with van der Waals surface area (Å²) in [6.07, 6.45) is 2.88. The molecule has 0 unspecified atom stereocenters. The maximum Gasteiger partial charge on any atom is 0.265 e. The predicted octanol–water partition coefficient (Wildman–Crippen LogP) is 5.11. The number of thiophene rings is 1. The van der Waals surface area contributed by atoms with Gasteiger partial charge in [-0.3, -0.25) is 14.5 Å². The Kier molecular flexibility index (Phi) is 6.35. The highest BCUT2D eigenvalue weighted by molar-refractivity contribution is 8.04. The van der Waals surface area contributed by atoms with Gasteiger partial charge in [0, 0.05) is 9.77 Å². The minimum absolute atomic E-state index is 0.00606. The molecule has 152 valence electrons. The van der Waals surface area contributed by atoms with Crippen LogP contribution in [-0.2, 0) is 22.6 Å². The smallest absolute Gasteiger partial charge is 0.265 e. The number of hydrogen-bond acceptors (Lipinski definition) is 4. The molecule has 1 aromatic heterocycles. The van der Waals surface area contributed by atoms with Gasteiger partial charge in [0.2, 0.25) is 5.91 Å². The van der Waals surface area contributed by atoms with Crippen LogP contribution in [0.5, 0.6) is 0 Å². The Balaban J connectivity index is 1.56. The molecule has 6 heteroatoms. The standard InChI is InChI=1S/C24H22N2O2S2/c1-2-17-9-11-18(12-10-17)14-22-24(28)26(20-7-3-4-8-21(20)30-22)16-23(27)25-15-19-6-5-13-29-19/h3-14H,2,15-16H2,1H3,(H,25,27). The Morgan fingerprint density at radius 3 is 2.60 bits per heavy atom. The van der Waals surface area contributed by atoms with Gasteiger partial charge >= 0.3 is 0 Å². The summed E-state index contributed by atoms with van der Waals surface area (Å²) in [5.74, 6) is -0.324. The molecule has 1 aliphatic heterocycles. The zero-order valence-corrected chi connectivity index (χ0v) is 18.3. The van der Waals surface area contributed by atoms with E-state index in [4.69, 9.17) is 0 Å². The van der Waals surface area contributed by atoms with E-state index in [9.17, 15) is 9.59 Å². The SMILES string of the molecule is CCc1ccc(C=C2Sc3ccccc3N(CC(=O)NCc3cccs3)C2=O)cc1. The zero-order chi connectivity index (χ0) is 20.9. The van der Waals surface area contributed by atoms with Gasteiger partial charge in [0.25, 0.3) is 5.91 Å². The van der Waals surface area contributed by atoms with E-state index in [1.807, 2.05) is 60.0 Å². The van der Waals surface area contributed by atoms with Gasteiger partial charge in [-0.2, -0.15) is 0 Å². The van der Waals surface area contributed by atoms with Crippen LogP contribution in [-0.4, -0.2) is 18.4 Å². The van der Waals surface area contributed by atoms with Gasteiger partial charge in [-0.15, -0.1) is 11.3 Å². The van der Waals surface area contributed by atoms with Crippen LogP contribution < -0.4 is 10.2 Å². The normalized spacial score (nSPS) is 14.6. The van der Waals surface area contributed by atoms with Crippen molar-refractivity contribution in [2.24, 2.45) is 0 Å². The number of benzene rings is 2. The number of carbonyl (C=O) groups excluding carboxylic acids is 2. The molecule has 0 fully saturated rings. The van der Waals surface area contributed by atoms with Crippen LogP contribution in [0.25, 0.3) is 6.08 Å². The molecule has 0 saturated carbocycles. The molecular formula is C24H22N2O2S2. The van der Waals surface area contributed by atoms with E-state index in [2.05, 4.69) is 24.4 Å². The highest BCUT2D eigenvalue weighted by atomic mass is 32.2. The monoisotopic (exact) mass is 434 g/mol. The summed E-state index contributed by atoms with van der Waals surface area (Å²) in [5.41, 5.74) is 3.01. The number of amides is 2. The number of aryl methyl sites for hydroxylation is 1. The Morgan fingerprint density at radius 2 is 1.87 bits per heavy atom. The van der Waals surface area contributed by atoms with Crippen molar-refractivity contribution in [1.82, 2.24) is 5.32 Å². The number of fused-ring (bicyclic) bond motifs is 1. The number of nitrogens with zero attached hydrogens (tertiary/aromatic N) is 1. The van der Waals surface area contributed by atoms with Crippen molar-refractivity contribution in [2.75, 3.05) is 11.4 Å². The van der Waals surface area contributed by atoms with Crippen molar-refractivity contribution in [1.29, 1.82) is 0 Å². The zero-order valence-electron chi connectivity index (χ0n) is 16.6. The van der Waals surface area contributed by atoms with E-state index in [0.717, 1.165) is 27.4 Å². The topological polar surface area (TPSA) is 49.4 Å². The summed E-state index contributed by atoms with van der Waals surface area (Å²) in [5, 5.41) is 4.89. The van der Waals surface area contributed by atoms with Crippen LogP contribution in [0, 0.1) is 0 Å². The minimum Gasteiger partial charge on any atom is -0.350 e. The third-order valence-corrected chi connectivity index (χ3v) is 6.81. The molecule has 1 N–H and O–H groups in total. The van der Waals surface area contributed by atoms with Crippen LogP contribution in [0.1, 0.15) is 22.9 Å². The summed E-state index contributed by atoms with van der Waals surface area (Å²) in [4.78, 5) is 30.1. The molecule has 0 spiro atoms. The quantitative estimate of drug-likeness (QED) is 0.549. The van der Waals surface area contributed by atoms with E-state index >= 15 is 0 Å². The number of hydrogen-bond donors (Lipinski definition) is 1. The second-order valence-corrected chi connectivity index (χ2v) is 9.04. The van der Waals surface area contributed by atoms with Gasteiger partial charge in [0.1, 0.15) is 6.54 Å². The van der Waals surface area contributed by atoms with Gasteiger partial charge in [-0.05, 0) is 47.2 Å². The fraction of sp³-hybridized carbons (Fsp3) is 0.167. The van der Waals surface area contributed by atoms with Crippen LogP contribution in [0.15, 0.2) is 75.8 Å². The number of thioether (sulfide) groups is 1. The highest BCUT2D eigenvalue weighted by Gasteiger charge is 2.30. The minimum atomic E-state index is -0.176. The second-order valence-electron chi connectivity index (χ2n) is 6.92. The molecule has 0 bridgehead atoms. The summed E-state index contributed by atoms with van der Waals surface area (Å²) >= 11 is 3.05. The molecule has 2 heterocycles. The second kappa shape index (κ2) is 9.32. The third kappa shape index (κ3) is 4.66. The van der Waals surface area contributed by atoms with Crippen molar-refractivity contribution in [2.45, 2.75) is 24.8 Å². The molecule has 4 nitrogen and oxygen atoms in total. The molecule has 0 aliphatic carbocycles. The van der Waals surface area contributed by atoms with E-state index in [1.54, 1.807) is 16.2 Å². The Labute approximate surface area is 184 Å². The molecule has 0 atom stereocenters. The Morgan fingerprint density at radius 1 is 1.07 bits per heavy atom. The summed E-state index contributed by atoms with van der Waals surface area (Å²) in [7, 11) is 0. The molecule has 2 amide bonds. The van der Waals surface area contributed by atoms with Crippen LogP contribution in [0.4, 0.5) is 5.69 Å². The first kappa shape index (κ1) is 20.4. The van der Waals surface area contributed by atoms with E-state index in [1.165, 1.54) is 17.3 Å². The molecule has 3 aromatic rings. The molecular weight excluding hydrogens is 412 g/mol. The first-order valence-corrected chi connectivity index (χ1v) is 11.5. The first-order chi connectivity index (χ1) is 14.6. The summed E-state index contributed by atoms with van der Waals surface area (Å²) in [6, 6.07) is 19.9. The molecule has 1 aliphatic rings. The number of nitrogens with one attached hydrogen (secondary N) is 1. The lowest BCUT2D eigenvalue weighted by Crippen LogP contribution is -2.42. The van der Waals surface area contributed by atoms with Gasteiger partial charge < -0.3 is 5.32 Å². The van der Waals surface area contributed by atoms with Gasteiger partial charge in [0.05, 0.1) is 17.1 Å². The molecule has 4 rings (SSSR count). The predicted molar refractivity (Wildman–Crippen MR) is 125 cm³/mol. The highest BCUT2D eigenvalue weighted by Crippen LogP contribution is 2.41. The van der Waals surface area contributed by atoms with Crippen LogP contribution >= 0.6 is 23.1 Å². The van der Waals surface area contributed by atoms with Crippen molar-refractivity contribution < 1.29 is 9.59 Å². The van der Waals surface area contributed by atoms with Gasteiger partial charge in [0.15, 0.2) is 0 Å². The average Bonchev–Trinajstić information content (AvgIpc) is 3.29. The number of carbonyl (C=O) groups is 2. The van der Waals surface area contributed by atoms with E-state index < -0.39 is 0 Å². The maximum absolute atomic E-state index is 13.2. The van der Waals surface area contributed by atoms with Crippen molar-refractivity contribution >= 4 is 46.7 Å². The van der Waals surface area contributed by atoms with Gasteiger partial charge in [-0.25, -0.2) is 0 Å². The Hall–Kier alpha value is -2.83. The third-order valence-electron chi connectivity index (χ3n) is 4.86. The molecule has 2 aromatic carbocycles. The number of anilines is 1. The van der Waals surface area contributed by atoms with Crippen LogP contribution in [0.3, 0.4) is 0 Å². The number of para-hydroxylation sites is 1. The van der Waals surface area contributed by atoms with Crippen molar-refractivity contribution in [3.63, 3.8) is 0 Å². The average molecular weight is 435 g/mol. The summed E-state index contributed by atoms with van der Waals surface area (Å²) in [6.45, 7) is 2.58. The maximum atomic E-state index is 13.2. The molecule has 0 radical (unpaired) electrons. The van der Waals surface area contributed by atoms with Gasteiger partial charge in [-0.1, -0.05) is 61.2 Å². The van der Waals surface area contributed by atoms with E-state index in [-0.39, 0.29) is 18.4 Å². The lowest BCUT2D eigenvalue weighted by Gasteiger charge is -2.29. The molecule has 0 saturated heterocycles. The fourth-order valence-corrected chi connectivity index (χ4v) is 4.92. The number of rotatable bonds is 6. The van der Waals surface area contributed by atoms with Crippen LogP contribution in [0.2, 0.25) is 0 Å². The first-order valence-electron chi connectivity index (χ1n) is 9.82. The summed E-state index contributed by atoms with van der Waals surface area (Å²) < 4.78 is 0. The fourth-order valence-electron chi connectivity index (χ4n) is 3.22. The van der Waals surface area contributed by atoms with Crippen molar-refractivity contribution in [3.05, 3.63) is 87.0 Å². The Bertz CT molecular complexity index is 1070. The molecule has 30 heavy (non-hydrogen) atoms.